The lowest BCUT2D eigenvalue weighted by molar-refractivity contribution is 0.0995. The van der Waals surface area contributed by atoms with E-state index >= 15 is 0 Å². The Hall–Kier alpha value is -1.67. The molecule has 0 aromatic carbocycles. The molecule has 1 aromatic rings. The summed E-state index contributed by atoms with van der Waals surface area (Å²) < 4.78 is 6.50. The summed E-state index contributed by atoms with van der Waals surface area (Å²) in [5.74, 6) is -0.593. The van der Waals surface area contributed by atoms with E-state index in [1.165, 1.54) is 0 Å². The Balaban J connectivity index is 2.67. The number of carbonyl (C=O) groups is 1. The Bertz CT molecular complexity index is 432. The Morgan fingerprint density at radius 1 is 1.67 bits per heavy atom. The number of primary amides is 1. The zero-order valence-corrected chi connectivity index (χ0v) is 11.2. The molecule has 4 N–H and O–H groups in total. The highest BCUT2D eigenvalue weighted by atomic mass is 32.1. The molecule has 100 valence electrons. The molecule has 1 heterocycles. The van der Waals surface area contributed by atoms with E-state index in [0.29, 0.717) is 30.5 Å². The van der Waals surface area contributed by atoms with E-state index < -0.39 is 5.91 Å². The number of hydrogen-bond acceptors (Lipinski definition) is 4. The zero-order valence-electron chi connectivity index (χ0n) is 10.4. The number of aryl methyl sites for hydroxylation is 1. The number of nitrogens with two attached hydrogens (primary N) is 1. The highest BCUT2D eigenvalue weighted by Crippen LogP contribution is 2.12. The maximum absolute atomic E-state index is 11.2. The van der Waals surface area contributed by atoms with Crippen molar-refractivity contribution in [3.05, 3.63) is 11.9 Å². The van der Waals surface area contributed by atoms with Gasteiger partial charge in [-0.05, 0) is 19.1 Å². The van der Waals surface area contributed by atoms with Gasteiger partial charge >= 0.3 is 0 Å². The Labute approximate surface area is 111 Å². The molecule has 0 saturated heterocycles. The number of aromatic nitrogens is 2. The van der Waals surface area contributed by atoms with Gasteiger partial charge in [0, 0.05) is 26.4 Å². The number of hydrogen-bond donors (Lipinski definition) is 3. The fraction of sp³-hybridized carbons (Fsp3) is 0.500. The smallest absolute Gasteiger partial charge is 0.271 e. The lowest BCUT2D eigenvalue weighted by atomic mass is 10.3. The Morgan fingerprint density at radius 3 is 2.94 bits per heavy atom. The second kappa shape index (κ2) is 6.92. The second-order valence-electron chi connectivity index (χ2n) is 3.49. The number of methoxy groups -OCH3 is 1. The van der Waals surface area contributed by atoms with E-state index in [1.54, 1.807) is 18.0 Å². The predicted molar refractivity (Wildman–Crippen MR) is 72.5 cm³/mol. The number of rotatable bonds is 6. The van der Waals surface area contributed by atoms with Crippen LogP contribution >= 0.6 is 12.2 Å². The molecule has 0 atom stereocenters. The molecule has 8 heteroatoms. The summed E-state index contributed by atoms with van der Waals surface area (Å²) in [4.78, 5) is 11.2. The van der Waals surface area contributed by atoms with Gasteiger partial charge in [-0.2, -0.15) is 5.10 Å². The van der Waals surface area contributed by atoms with Gasteiger partial charge in [-0.15, -0.1) is 0 Å². The summed E-state index contributed by atoms with van der Waals surface area (Å²) in [7, 11) is 1.61. The van der Waals surface area contributed by atoms with Crippen LogP contribution in [0.3, 0.4) is 0 Å². The van der Waals surface area contributed by atoms with Crippen LogP contribution in [0, 0.1) is 0 Å². The van der Waals surface area contributed by atoms with E-state index in [4.69, 9.17) is 22.7 Å². The summed E-state index contributed by atoms with van der Waals surface area (Å²) in [5, 5.41) is 10.3. The number of amides is 1. The van der Waals surface area contributed by atoms with Crippen molar-refractivity contribution in [2.45, 2.75) is 13.5 Å². The Kier molecular flexibility index (Phi) is 5.53. The molecule has 0 saturated carbocycles. The molecule has 0 spiro atoms. The molecule has 1 aromatic heterocycles. The molecule has 1 amide bonds. The van der Waals surface area contributed by atoms with Gasteiger partial charge in [0.2, 0.25) is 0 Å². The van der Waals surface area contributed by atoms with E-state index in [1.807, 2.05) is 6.92 Å². The molecule has 0 bridgehead atoms. The molecule has 0 fully saturated rings. The van der Waals surface area contributed by atoms with Crippen molar-refractivity contribution in [2.75, 3.05) is 25.6 Å². The number of carbonyl (C=O) groups excluding carboxylic acids is 1. The largest absolute Gasteiger partial charge is 0.383 e. The van der Waals surface area contributed by atoms with Gasteiger partial charge in [0.15, 0.2) is 10.8 Å². The van der Waals surface area contributed by atoms with Gasteiger partial charge in [-0.25, -0.2) is 0 Å². The first-order valence-corrected chi connectivity index (χ1v) is 5.90. The molecule has 0 unspecified atom stereocenters. The van der Waals surface area contributed by atoms with Crippen LogP contribution in [-0.2, 0) is 11.3 Å². The molecule has 0 radical (unpaired) electrons. The van der Waals surface area contributed by atoms with Gasteiger partial charge in [-0.1, -0.05) is 0 Å². The Morgan fingerprint density at radius 2 is 2.39 bits per heavy atom. The third-order valence-corrected chi connectivity index (χ3v) is 2.41. The van der Waals surface area contributed by atoms with E-state index in [2.05, 4.69) is 15.7 Å². The molecule has 0 aliphatic carbocycles. The predicted octanol–water partition coefficient (Wildman–Crippen LogP) is -0.0653. The molecular formula is C10H17N5O2S. The molecular weight excluding hydrogens is 254 g/mol. The van der Waals surface area contributed by atoms with Crippen LogP contribution < -0.4 is 16.4 Å². The highest BCUT2D eigenvalue weighted by molar-refractivity contribution is 7.80. The third-order valence-electron chi connectivity index (χ3n) is 2.16. The summed E-state index contributed by atoms with van der Waals surface area (Å²) >= 11 is 5.07. The van der Waals surface area contributed by atoms with Crippen LogP contribution in [0.4, 0.5) is 5.69 Å². The minimum Gasteiger partial charge on any atom is -0.383 e. The average molecular weight is 271 g/mol. The summed E-state index contributed by atoms with van der Waals surface area (Å²) in [6.45, 7) is 3.68. The van der Waals surface area contributed by atoms with Crippen molar-refractivity contribution in [3.8, 4) is 0 Å². The van der Waals surface area contributed by atoms with Crippen LogP contribution in [0.25, 0.3) is 0 Å². The van der Waals surface area contributed by atoms with E-state index in [0.717, 1.165) is 0 Å². The van der Waals surface area contributed by atoms with Crippen molar-refractivity contribution < 1.29 is 9.53 Å². The minimum absolute atomic E-state index is 0.174. The standard InChI is InChI=1S/C10H17N5O2S/c1-3-15-6-7(8(14-15)9(11)16)13-10(18)12-4-5-17-2/h6H,3-5H2,1-2H3,(H2,11,16)(H2,12,13,18). The summed E-state index contributed by atoms with van der Waals surface area (Å²) in [6.07, 6.45) is 1.68. The lowest BCUT2D eigenvalue weighted by Crippen LogP contribution is -2.31. The topological polar surface area (TPSA) is 94.2 Å². The molecule has 7 nitrogen and oxygen atoms in total. The van der Waals surface area contributed by atoms with Gasteiger partial charge in [0.25, 0.3) is 5.91 Å². The van der Waals surface area contributed by atoms with Crippen LogP contribution in [0.2, 0.25) is 0 Å². The average Bonchev–Trinajstić information content (AvgIpc) is 2.72. The quantitative estimate of drug-likeness (QED) is 0.495. The monoisotopic (exact) mass is 271 g/mol. The molecule has 1 rings (SSSR count). The maximum Gasteiger partial charge on any atom is 0.271 e. The number of thiocarbonyl (C=S) groups is 1. The van der Waals surface area contributed by atoms with E-state index in [9.17, 15) is 4.79 Å². The van der Waals surface area contributed by atoms with Gasteiger partial charge in [0.05, 0.1) is 12.3 Å². The zero-order chi connectivity index (χ0) is 13.5. The van der Waals surface area contributed by atoms with Crippen molar-refractivity contribution in [3.63, 3.8) is 0 Å². The molecule has 18 heavy (non-hydrogen) atoms. The normalized spacial score (nSPS) is 10.1. The fourth-order valence-corrected chi connectivity index (χ4v) is 1.50. The molecule has 0 aliphatic heterocycles. The maximum atomic E-state index is 11.2. The summed E-state index contributed by atoms with van der Waals surface area (Å²) in [5.41, 5.74) is 5.91. The summed E-state index contributed by atoms with van der Waals surface area (Å²) in [6, 6.07) is 0. The van der Waals surface area contributed by atoms with Crippen LogP contribution in [0.5, 0.6) is 0 Å². The molecule has 0 aliphatic rings. The van der Waals surface area contributed by atoms with Gasteiger partial charge in [0.1, 0.15) is 0 Å². The van der Waals surface area contributed by atoms with Crippen molar-refractivity contribution in [1.29, 1.82) is 0 Å². The fourth-order valence-electron chi connectivity index (χ4n) is 1.29. The van der Waals surface area contributed by atoms with Crippen molar-refractivity contribution >= 4 is 28.9 Å². The first kappa shape index (κ1) is 14.4. The minimum atomic E-state index is -0.593. The SMILES string of the molecule is CCn1cc(NC(=S)NCCOC)c(C(N)=O)n1. The van der Waals surface area contributed by atoms with Crippen LogP contribution in [-0.4, -0.2) is 41.1 Å². The van der Waals surface area contributed by atoms with Crippen molar-refractivity contribution in [2.24, 2.45) is 5.73 Å². The second-order valence-corrected chi connectivity index (χ2v) is 3.89. The van der Waals surface area contributed by atoms with E-state index in [-0.39, 0.29) is 5.69 Å². The number of nitrogens with one attached hydrogen (secondary N) is 2. The van der Waals surface area contributed by atoms with Gasteiger partial charge in [-0.3, -0.25) is 9.48 Å². The first-order chi connectivity index (χ1) is 8.58. The number of ether oxygens (including phenoxy) is 1. The number of nitrogens with zero attached hydrogens (tertiary/aromatic N) is 2. The highest BCUT2D eigenvalue weighted by Gasteiger charge is 2.14. The number of anilines is 1. The van der Waals surface area contributed by atoms with Crippen LogP contribution in [0.15, 0.2) is 6.20 Å². The van der Waals surface area contributed by atoms with Crippen LogP contribution in [0.1, 0.15) is 17.4 Å². The first-order valence-electron chi connectivity index (χ1n) is 5.49. The lowest BCUT2D eigenvalue weighted by Gasteiger charge is -2.08. The van der Waals surface area contributed by atoms with Crippen molar-refractivity contribution in [1.82, 2.24) is 15.1 Å². The van der Waals surface area contributed by atoms with Gasteiger partial charge < -0.3 is 21.1 Å². The third kappa shape index (κ3) is 3.97.